The number of hydrogen-bond acceptors (Lipinski definition) is 4. The number of sulfonamides is 1. The minimum absolute atomic E-state index is 0.0249. The molecule has 1 heterocycles. The van der Waals surface area contributed by atoms with E-state index in [0.717, 1.165) is 25.1 Å². The molecule has 2 aromatic carbocycles. The molecule has 0 aliphatic carbocycles. The van der Waals surface area contributed by atoms with Crippen molar-refractivity contribution in [1.29, 1.82) is 0 Å². The van der Waals surface area contributed by atoms with Crippen LogP contribution in [0.2, 0.25) is 10.0 Å². The average Bonchev–Trinajstić information content (AvgIpc) is 2.76. The van der Waals surface area contributed by atoms with Crippen LogP contribution in [-0.2, 0) is 21.2 Å². The Morgan fingerprint density at radius 2 is 1.81 bits per heavy atom. The minimum Gasteiger partial charge on any atom is -0.356 e. The first-order chi connectivity index (χ1) is 15.3. The number of nitrogens with zero attached hydrogens (tertiary/aromatic N) is 1. The second kappa shape index (κ2) is 11.4. The molecule has 32 heavy (non-hydrogen) atoms. The molecule has 9 heteroatoms. The van der Waals surface area contributed by atoms with E-state index in [-0.39, 0.29) is 27.3 Å². The molecule has 0 radical (unpaired) electrons. The van der Waals surface area contributed by atoms with E-state index in [1.807, 2.05) is 12.1 Å². The van der Waals surface area contributed by atoms with Crippen LogP contribution in [-0.4, -0.2) is 45.9 Å². The Hall–Kier alpha value is -1.80. The maximum absolute atomic E-state index is 12.8. The van der Waals surface area contributed by atoms with Crippen molar-refractivity contribution >= 4 is 44.8 Å². The number of benzene rings is 2. The number of amides is 1. The standard InChI is InChI=1S/C23H29Cl2N3O3S/c1-28-15-12-17(13-16-28)11-14-26-22(29)10-9-18-5-2-3-7-20(18)27-32(30,31)21-8-4-6-19(24)23(21)25/h2-8,17,27H,9-16H2,1H3,(H,26,29). The van der Waals surface area contributed by atoms with Crippen LogP contribution in [0.25, 0.3) is 0 Å². The number of likely N-dealkylation sites (tertiary alicyclic amines) is 1. The topological polar surface area (TPSA) is 78.5 Å². The van der Waals surface area contributed by atoms with Gasteiger partial charge in [-0.1, -0.05) is 47.5 Å². The number of nitrogens with one attached hydrogen (secondary N) is 2. The Labute approximate surface area is 200 Å². The molecule has 2 N–H and O–H groups in total. The Bertz CT molecular complexity index is 1040. The van der Waals surface area contributed by atoms with Gasteiger partial charge in [-0.25, -0.2) is 8.42 Å². The molecule has 1 saturated heterocycles. The third kappa shape index (κ3) is 6.85. The van der Waals surface area contributed by atoms with Crippen LogP contribution in [0.3, 0.4) is 0 Å². The zero-order valence-electron chi connectivity index (χ0n) is 18.1. The Balaban J connectivity index is 1.55. The predicted octanol–water partition coefficient (Wildman–Crippen LogP) is 4.57. The molecule has 174 valence electrons. The smallest absolute Gasteiger partial charge is 0.263 e. The van der Waals surface area contributed by atoms with Gasteiger partial charge in [-0.2, -0.15) is 0 Å². The molecule has 1 fully saturated rings. The summed E-state index contributed by atoms with van der Waals surface area (Å²) in [7, 11) is -1.79. The van der Waals surface area contributed by atoms with Crippen LogP contribution in [0.4, 0.5) is 5.69 Å². The third-order valence-corrected chi connectivity index (χ3v) is 8.14. The quantitative estimate of drug-likeness (QED) is 0.531. The van der Waals surface area contributed by atoms with E-state index >= 15 is 0 Å². The molecule has 0 aromatic heterocycles. The number of piperidine rings is 1. The van der Waals surface area contributed by atoms with Crippen LogP contribution in [0, 0.1) is 5.92 Å². The van der Waals surface area contributed by atoms with Gasteiger partial charge in [0, 0.05) is 13.0 Å². The van der Waals surface area contributed by atoms with Crippen molar-refractivity contribution < 1.29 is 13.2 Å². The lowest BCUT2D eigenvalue weighted by atomic mass is 9.94. The molecule has 0 unspecified atom stereocenters. The average molecular weight is 498 g/mol. The molecular weight excluding hydrogens is 469 g/mol. The maximum Gasteiger partial charge on any atom is 0.263 e. The van der Waals surface area contributed by atoms with E-state index in [1.54, 1.807) is 12.1 Å². The minimum atomic E-state index is -3.93. The number of anilines is 1. The summed E-state index contributed by atoms with van der Waals surface area (Å²) >= 11 is 12.1. The molecule has 0 spiro atoms. The second-order valence-corrected chi connectivity index (χ2v) is 10.6. The van der Waals surface area contributed by atoms with E-state index in [9.17, 15) is 13.2 Å². The summed E-state index contributed by atoms with van der Waals surface area (Å²) in [4.78, 5) is 14.6. The number of hydrogen-bond donors (Lipinski definition) is 2. The normalized spacial score (nSPS) is 15.5. The maximum atomic E-state index is 12.8. The molecule has 1 aliphatic rings. The molecule has 0 saturated carbocycles. The fourth-order valence-electron chi connectivity index (χ4n) is 3.83. The SMILES string of the molecule is CN1CCC(CCNC(=O)CCc2ccccc2NS(=O)(=O)c2cccc(Cl)c2Cl)CC1. The van der Waals surface area contributed by atoms with E-state index in [2.05, 4.69) is 22.0 Å². The summed E-state index contributed by atoms with van der Waals surface area (Å²) in [5.41, 5.74) is 1.15. The van der Waals surface area contributed by atoms with Gasteiger partial charge in [-0.3, -0.25) is 9.52 Å². The highest BCUT2D eigenvalue weighted by atomic mass is 35.5. The van der Waals surface area contributed by atoms with Gasteiger partial charge in [-0.05, 0) is 75.5 Å². The van der Waals surface area contributed by atoms with E-state index < -0.39 is 10.0 Å². The zero-order valence-corrected chi connectivity index (χ0v) is 20.4. The first-order valence-electron chi connectivity index (χ1n) is 10.8. The number of carbonyl (C=O) groups is 1. The summed E-state index contributed by atoms with van der Waals surface area (Å²) in [5.74, 6) is 0.633. The van der Waals surface area contributed by atoms with Crippen molar-refractivity contribution in [2.45, 2.75) is 37.0 Å². The molecule has 0 bridgehead atoms. The van der Waals surface area contributed by atoms with Crippen LogP contribution in [0.5, 0.6) is 0 Å². The van der Waals surface area contributed by atoms with Crippen molar-refractivity contribution in [2.24, 2.45) is 5.92 Å². The lowest BCUT2D eigenvalue weighted by Gasteiger charge is -2.28. The number of aryl methyl sites for hydroxylation is 1. The van der Waals surface area contributed by atoms with Crippen molar-refractivity contribution in [1.82, 2.24) is 10.2 Å². The van der Waals surface area contributed by atoms with E-state index in [4.69, 9.17) is 23.2 Å². The van der Waals surface area contributed by atoms with Gasteiger partial charge in [0.15, 0.2) is 0 Å². The largest absolute Gasteiger partial charge is 0.356 e. The van der Waals surface area contributed by atoms with Gasteiger partial charge in [0.05, 0.1) is 15.7 Å². The number of halogens is 2. The molecule has 0 atom stereocenters. The Kier molecular flexibility index (Phi) is 8.82. The van der Waals surface area contributed by atoms with E-state index in [1.165, 1.54) is 31.0 Å². The highest BCUT2D eigenvalue weighted by Crippen LogP contribution is 2.31. The summed E-state index contributed by atoms with van der Waals surface area (Å²) < 4.78 is 28.3. The van der Waals surface area contributed by atoms with Crippen LogP contribution < -0.4 is 10.0 Å². The van der Waals surface area contributed by atoms with Crippen molar-refractivity contribution in [3.05, 3.63) is 58.1 Å². The lowest BCUT2D eigenvalue weighted by Crippen LogP contribution is -2.32. The van der Waals surface area contributed by atoms with Gasteiger partial charge >= 0.3 is 0 Å². The van der Waals surface area contributed by atoms with Crippen LogP contribution in [0.1, 0.15) is 31.2 Å². The Morgan fingerprint density at radius 3 is 2.56 bits per heavy atom. The van der Waals surface area contributed by atoms with Gasteiger partial charge in [0.2, 0.25) is 5.91 Å². The van der Waals surface area contributed by atoms with Gasteiger partial charge < -0.3 is 10.2 Å². The van der Waals surface area contributed by atoms with Gasteiger partial charge in [0.25, 0.3) is 10.0 Å². The summed E-state index contributed by atoms with van der Waals surface area (Å²) in [6.45, 7) is 2.91. The fraction of sp³-hybridized carbons (Fsp3) is 0.435. The molecular formula is C23H29Cl2N3O3S. The van der Waals surface area contributed by atoms with Gasteiger partial charge in [-0.15, -0.1) is 0 Å². The van der Waals surface area contributed by atoms with Crippen molar-refractivity contribution in [3.8, 4) is 0 Å². The summed E-state index contributed by atoms with van der Waals surface area (Å²) in [6.07, 6.45) is 4.05. The summed E-state index contributed by atoms with van der Waals surface area (Å²) in [5, 5.41) is 3.14. The molecule has 1 amide bonds. The Morgan fingerprint density at radius 1 is 1.09 bits per heavy atom. The first kappa shape index (κ1) is 24.8. The third-order valence-electron chi connectivity index (χ3n) is 5.80. The number of para-hydroxylation sites is 1. The molecule has 6 nitrogen and oxygen atoms in total. The van der Waals surface area contributed by atoms with Crippen molar-refractivity contribution in [3.63, 3.8) is 0 Å². The highest BCUT2D eigenvalue weighted by molar-refractivity contribution is 7.92. The monoisotopic (exact) mass is 497 g/mol. The molecule has 3 rings (SSSR count). The summed E-state index contributed by atoms with van der Waals surface area (Å²) in [6, 6.07) is 11.5. The molecule has 2 aromatic rings. The first-order valence-corrected chi connectivity index (χ1v) is 13.0. The fourth-order valence-corrected chi connectivity index (χ4v) is 5.70. The van der Waals surface area contributed by atoms with Crippen LogP contribution >= 0.6 is 23.2 Å². The lowest BCUT2D eigenvalue weighted by molar-refractivity contribution is -0.121. The van der Waals surface area contributed by atoms with Crippen molar-refractivity contribution in [2.75, 3.05) is 31.4 Å². The second-order valence-electron chi connectivity index (χ2n) is 8.20. The highest BCUT2D eigenvalue weighted by Gasteiger charge is 2.21. The van der Waals surface area contributed by atoms with Gasteiger partial charge in [0.1, 0.15) is 4.90 Å². The van der Waals surface area contributed by atoms with Crippen LogP contribution in [0.15, 0.2) is 47.4 Å². The number of rotatable bonds is 9. The zero-order chi connectivity index (χ0) is 23.1. The predicted molar refractivity (Wildman–Crippen MR) is 130 cm³/mol. The molecule has 1 aliphatic heterocycles. The van der Waals surface area contributed by atoms with E-state index in [0.29, 0.717) is 24.6 Å². The number of carbonyl (C=O) groups excluding carboxylic acids is 1.